The molecule has 22 heavy (non-hydrogen) atoms. The molecule has 5 nitrogen and oxygen atoms in total. The second-order valence-corrected chi connectivity index (χ2v) is 5.04. The van der Waals surface area contributed by atoms with Gasteiger partial charge in [-0.15, -0.1) is 0 Å². The second kappa shape index (κ2) is 7.54. The highest BCUT2D eigenvalue weighted by atomic mass is 16.1. The lowest BCUT2D eigenvalue weighted by Crippen LogP contribution is -2.26. The normalized spacial score (nSPS) is 10.3. The van der Waals surface area contributed by atoms with Crippen molar-refractivity contribution in [2.24, 2.45) is 0 Å². The summed E-state index contributed by atoms with van der Waals surface area (Å²) >= 11 is 0. The Bertz CT molecular complexity index is 638. The van der Waals surface area contributed by atoms with Crippen LogP contribution in [0.3, 0.4) is 0 Å². The molecule has 0 bridgehead atoms. The van der Waals surface area contributed by atoms with Crippen LogP contribution in [0.25, 0.3) is 0 Å². The third kappa shape index (κ3) is 3.81. The molecule has 2 rings (SSSR count). The van der Waals surface area contributed by atoms with Crippen LogP contribution >= 0.6 is 0 Å². The molecule has 1 aromatic carbocycles. The molecule has 116 valence electrons. The number of nitrogens with zero attached hydrogens (tertiary/aromatic N) is 3. The fraction of sp³-hybridized carbons (Fsp3) is 0.353. The number of amides is 1. The monoisotopic (exact) mass is 298 g/mol. The third-order valence-corrected chi connectivity index (χ3v) is 3.67. The highest BCUT2D eigenvalue weighted by molar-refractivity contribution is 5.92. The van der Waals surface area contributed by atoms with E-state index in [2.05, 4.69) is 34.0 Å². The molecule has 1 aromatic heterocycles. The van der Waals surface area contributed by atoms with Crippen LogP contribution in [0.2, 0.25) is 0 Å². The van der Waals surface area contributed by atoms with Crippen LogP contribution in [0.1, 0.15) is 35.5 Å². The maximum absolute atomic E-state index is 12.3. The molecule has 0 aliphatic heterocycles. The summed E-state index contributed by atoms with van der Waals surface area (Å²) in [5.74, 6) is 0.597. The summed E-state index contributed by atoms with van der Waals surface area (Å²) in [6, 6.07) is 9.74. The fourth-order valence-electron chi connectivity index (χ4n) is 2.27. The van der Waals surface area contributed by atoms with E-state index in [9.17, 15) is 4.79 Å². The van der Waals surface area contributed by atoms with E-state index in [1.54, 1.807) is 6.07 Å². The molecule has 0 unspecified atom stereocenters. The summed E-state index contributed by atoms with van der Waals surface area (Å²) in [6.45, 7) is 8.34. The molecule has 0 radical (unpaired) electrons. The van der Waals surface area contributed by atoms with Gasteiger partial charge in [0.1, 0.15) is 17.8 Å². The highest BCUT2D eigenvalue weighted by Crippen LogP contribution is 2.11. The van der Waals surface area contributed by atoms with Gasteiger partial charge in [0.25, 0.3) is 5.91 Å². The molecule has 0 saturated heterocycles. The predicted molar refractivity (Wildman–Crippen MR) is 87.9 cm³/mol. The molecule has 0 fully saturated rings. The van der Waals surface area contributed by atoms with E-state index in [0.29, 0.717) is 12.2 Å². The lowest BCUT2D eigenvalue weighted by Gasteiger charge is -2.19. The van der Waals surface area contributed by atoms with Crippen LogP contribution in [-0.2, 0) is 6.54 Å². The summed E-state index contributed by atoms with van der Waals surface area (Å²) in [5, 5.41) is 2.91. The average molecular weight is 298 g/mol. The van der Waals surface area contributed by atoms with E-state index < -0.39 is 0 Å². The Balaban J connectivity index is 2.07. The van der Waals surface area contributed by atoms with Crippen molar-refractivity contribution in [1.29, 1.82) is 0 Å². The van der Waals surface area contributed by atoms with E-state index in [-0.39, 0.29) is 5.91 Å². The van der Waals surface area contributed by atoms with E-state index in [4.69, 9.17) is 0 Å². The number of nitrogens with one attached hydrogen (secondary N) is 1. The van der Waals surface area contributed by atoms with Gasteiger partial charge in [0, 0.05) is 25.7 Å². The number of carbonyl (C=O) groups is 1. The number of benzene rings is 1. The SMILES string of the molecule is CCN(CC)c1cc(C(=O)NCc2ccccc2C)ncn1. The third-order valence-electron chi connectivity index (χ3n) is 3.67. The molecule has 5 heteroatoms. The number of aromatic nitrogens is 2. The van der Waals surface area contributed by atoms with Crippen molar-refractivity contribution in [3.63, 3.8) is 0 Å². The molecular weight excluding hydrogens is 276 g/mol. The Kier molecular flexibility index (Phi) is 5.47. The molecule has 0 aliphatic rings. The van der Waals surface area contributed by atoms with E-state index in [1.165, 1.54) is 6.33 Å². The van der Waals surface area contributed by atoms with Crippen molar-refractivity contribution in [2.45, 2.75) is 27.3 Å². The molecule has 1 amide bonds. The van der Waals surface area contributed by atoms with Gasteiger partial charge in [-0.2, -0.15) is 0 Å². The molecule has 1 heterocycles. The molecule has 2 aromatic rings. The average Bonchev–Trinajstić information content (AvgIpc) is 2.55. The van der Waals surface area contributed by atoms with Crippen molar-refractivity contribution in [3.8, 4) is 0 Å². The predicted octanol–water partition coefficient (Wildman–Crippen LogP) is 2.56. The van der Waals surface area contributed by atoms with Gasteiger partial charge in [0.2, 0.25) is 0 Å². The van der Waals surface area contributed by atoms with Crippen LogP contribution in [0.4, 0.5) is 5.82 Å². The van der Waals surface area contributed by atoms with Crippen LogP contribution in [0.5, 0.6) is 0 Å². The quantitative estimate of drug-likeness (QED) is 0.890. The fourth-order valence-corrected chi connectivity index (χ4v) is 2.27. The van der Waals surface area contributed by atoms with Crippen molar-refractivity contribution in [2.75, 3.05) is 18.0 Å². The maximum Gasteiger partial charge on any atom is 0.270 e. The zero-order valence-electron chi connectivity index (χ0n) is 13.3. The van der Waals surface area contributed by atoms with Gasteiger partial charge in [-0.05, 0) is 31.9 Å². The lowest BCUT2D eigenvalue weighted by molar-refractivity contribution is 0.0945. The zero-order chi connectivity index (χ0) is 15.9. The molecule has 0 saturated carbocycles. The molecule has 0 aliphatic carbocycles. The number of anilines is 1. The van der Waals surface area contributed by atoms with Gasteiger partial charge in [0.05, 0.1) is 0 Å². The summed E-state index contributed by atoms with van der Waals surface area (Å²) < 4.78 is 0. The lowest BCUT2D eigenvalue weighted by atomic mass is 10.1. The van der Waals surface area contributed by atoms with Crippen LogP contribution in [0, 0.1) is 6.92 Å². The number of hydrogen-bond acceptors (Lipinski definition) is 4. The minimum absolute atomic E-state index is 0.181. The van der Waals surface area contributed by atoms with Crippen LogP contribution in [-0.4, -0.2) is 29.0 Å². The topological polar surface area (TPSA) is 58.1 Å². The molecule has 1 N–H and O–H groups in total. The smallest absolute Gasteiger partial charge is 0.270 e. The van der Waals surface area contributed by atoms with Gasteiger partial charge >= 0.3 is 0 Å². The van der Waals surface area contributed by atoms with Gasteiger partial charge in [-0.3, -0.25) is 4.79 Å². The minimum Gasteiger partial charge on any atom is -0.357 e. The highest BCUT2D eigenvalue weighted by Gasteiger charge is 2.11. The summed E-state index contributed by atoms with van der Waals surface area (Å²) in [6.07, 6.45) is 1.44. The first-order valence-corrected chi connectivity index (χ1v) is 7.55. The van der Waals surface area contributed by atoms with E-state index in [0.717, 1.165) is 30.0 Å². The second-order valence-electron chi connectivity index (χ2n) is 5.04. The Morgan fingerprint density at radius 3 is 2.59 bits per heavy atom. The Hall–Kier alpha value is -2.43. The first kappa shape index (κ1) is 15.9. The summed E-state index contributed by atoms with van der Waals surface area (Å²) in [7, 11) is 0. The van der Waals surface area contributed by atoms with E-state index in [1.807, 2.05) is 31.2 Å². The van der Waals surface area contributed by atoms with Crippen molar-refractivity contribution in [3.05, 3.63) is 53.5 Å². The number of hydrogen-bond donors (Lipinski definition) is 1. The Morgan fingerprint density at radius 1 is 1.18 bits per heavy atom. The molecule has 0 atom stereocenters. The van der Waals surface area contributed by atoms with Crippen LogP contribution < -0.4 is 10.2 Å². The van der Waals surface area contributed by atoms with Gasteiger partial charge in [0.15, 0.2) is 0 Å². The van der Waals surface area contributed by atoms with Crippen molar-refractivity contribution >= 4 is 11.7 Å². The van der Waals surface area contributed by atoms with Crippen molar-refractivity contribution < 1.29 is 4.79 Å². The standard InChI is InChI=1S/C17H22N4O/c1-4-21(5-2)16-10-15(19-12-20-16)17(22)18-11-14-9-7-6-8-13(14)3/h6-10,12H,4-5,11H2,1-3H3,(H,18,22). The first-order valence-electron chi connectivity index (χ1n) is 7.55. The number of aryl methyl sites for hydroxylation is 1. The van der Waals surface area contributed by atoms with Crippen molar-refractivity contribution in [1.82, 2.24) is 15.3 Å². The van der Waals surface area contributed by atoms with Gasteiger partial charge < -0.3 is 10.2 Å². The van der Waals surface area contributed by atoms with E-state index >= 15 is 0 Å². The van der Waals surface area contributed by atoms with Crippen LogP contribution in [0.15, 0.2) is 36.7 Å². The number of rotatable bonds is 6. The maximum atomic E-state index is 12.3. The summed E-state index contributed by atoms with van der Waals surface area (Å²) in [5.41, 5.74) is 2.66. The molecular formula is C17H22N4O. The minimum atomic E-state index is -0.181. The van der Waals surface area contributed by atoms with Gasteiger partial charge in [-0.1, -0.05) is 24.3 Å². The largest absolute Gasteiger partial charge is 0.357 e. The van der Waals surface area contributed by atoms with Gasteiger partial charge in [-0.25, -0.2) is 9.97 Å². The Labute approximate surface area is 131 Å². The number of carbonyl (C=O) groups excluding carboxylic acids is 1. The Morgan fingerprint density at radius 2 is 1.91 bits per heavy atom. The molecule has 0 spiro atoms. The first-order chi connectivity index (χ1) is 10.7. The summed E-state index contributed by atoms with van der Waals surface area (Å²) in [4.78, 5) is 22.7. The zero-order valence-corrected chi connectivity index (χ0v) is 13.3.